The van der Waals surface area contributed by atoms with E-state index >= 15 is 0 Å². The smallest absolute Gasteiger partial charge is 0.308 e. The van der Waals surface area contributed by atoms with E-state index in [2.05, 4.69) is 4.74 Å². The molecule has 5 nitrogen and oxygen atoms in total. The first kappa shape index (κ1) is 13.9. The Morgan fingerprint density at radius 1 is 1.30 bits per heavy atom. The molecular weight excluding hydrogens is 258 g/mol. The maximum absolute atomic E-state index is 12.6. The Hall–Kier alpha value is -1.10. The van der Waals surface area contributed by atoms with Crippen molar-refractivity contribution in [2.45, 2.75) is 38.2 Å². The van der Waals surface area contributed by atoms with E-state index in [0.29, 0.717) is 25.6 Å². The van der Waals surface area contributed by atoms with E-state index < -0.39 is 0 Å². The fourth-order valence-electron chi connectivity index (χ4n) is 4.09. The van der Waals surface area contributed by atoms with Crippen molar-refractivity contribution in [1.82, 2.24) is 4.90 Å². The fourth-order valence-corrected chi connectivity index (χ4v) is 4.09. The van der Waals surface area contributed by atoms with Gasteiger partial charge in [0.2, 0.25) is 5.91 Å². The third-order valence-corrected chi connectivity index (χ3v) is 5.13. The van der Waals surface area contributed by atoms with Crippen molar-refractivity contribution in [3.05, 3.63) is 0 Å². The maximum Gasteiger partial charge on any atom is 0.308 e. The molecule has 0 aromatic rings. The van der Waals surface area contributed by atoms with Gasteiger partial charge in [0.1, 0.15) is 0 Å². The van der Waals surface area contributed by atoms with Gasteiger partial charge in [-0.25, -0.2) is 0 Å². The van der Waals surface area contributed by atoms with Crippen molar-refractivity contribution < 1.29 is 19.1 Å². The summed E-state index contributed by atoms with van der Waals surface area (Å²) in [5.74, 6) is 1.63. The highest BCUT2D eigenvalue weighted by atomic mass is 16.5. The van der Waals surface area contributed by atoms with Crippen molar-refractivity contribution in [1.29, 1.82) is 0 Å². The zero-order valence-corrected chi connectivity index (χ0v) is 12.0. The van der Waals surface area contributed by atoms with Gasteiger partial charge in [0.25, 0.3) is 0 Å². The molecular formula is C15H23NO4. The lowest BCUT2D eigenvalue weighted by molar-refractivity contribution is -0.152. The van der Waals surface area contributed by atoms with Gasteiger partial charge in [0.05, 0.1) is 26.2 Å². The van der Waals surface area contributed by atoms with Crippen LogP contribution < -0.4 is 0 Å². The molecule has 2 bridgehead atoms. The molecule has 1 amide bonds. The summed E-state index contributed by atoms with van der Waals surface area (Å²) in [5, 5.41) is 0. The van der Waals surface area contributed by atoms with Gasteiger partial charge in [-0.15, -0.1) is 0 Å². The number of esters is 1. The predicted octanol–water partition coefficient (Wildman–Crippen LogP) is 1.21. The molecule has 0 aromatic carbocycles. The minimum Gasteiger partial charge on any atom is -0.469 e. The van der Waals surface area contributed by atoms with Gasteiger partial charge in [0.15, 0.2) is 0 Å². The highest BCUT2D eigenvalue weighted by Gasteiger charge is 2.45. The summed E-state index contributed by atoms with van der Waals surface area (Å²) in [6.07, 6.45) is 4.87. The SMILES string of the molecule is COC(=O)CC1CN(C(=O)C2CC3CCC2C3)CCO1. The minimum atomic E-state index is -0.274. The average Bonchev–Trinajstić information content (AvgIpc) is 3.09. The van der Waals surface area contributed by atoms with Crippen molar-refractivity contribution in [3.8, 4) is 0 Å². The lowest BCUT2D eigenvalue weighted by atomic mass is 9.87. The van der Waals surface area contributed by atoms with Gasteiger partial charge in [-0.3, -0.25) is 9.59 Å². The zero-order valence-electron chi connectivity index (χ0n) is 12.0. The fraction of sp³-hybridized carbons (Fsp3) is 0.867. The van der Waals surface area contributed by atoms with E-state index in [4.69, 9.17) is 4.74 Å². The number of nitrogens with zero attached hydrogens (tertiary/aromatic N) is 1. The number of carbonyl (C=O) groups is 2. The molecule has 4 unspecified atom stereocenters. The average molecular weight is 281 g/mol. The number of ether oxygens (including phenoxy) is 2. The molecule has 5 heteroatoms. The molecule has 112 valence electrons. The van der Waals surface area contributed by atoms with Gasteiger partial charge in [-0.05, 0) is 31.1 Å². The monoisotopic (exact) mass is 281 g/mol. The van der Waals surface area contributed by atoms with E-state index in [-0.39, 0.29) is 30.3 Å². The molecule has 2 saturated carbocycles. The van der Waals surface area contributed by atoms with Crippen molar-refractivity contribution in [2.24, 2.45) is 17.8 Å². The topological polar surface area (TPSA) is 55.8 Å². The van der Waals surface area contributed by atoms with Gasteiger partial charge in [-0.2, -0.15) is 0 Å². The normalized spacial score (nSPS) is 36.1. The third kappa shape index (κ3) is 2.68. The van der Waals surface area contributed by atoms with Crippen LogP contribution in [0.5, 0.6) is 0 Å². The first-order chi connectivity index (χ1) is 9.67. The standard InChI is InChI=1S/C15H23NO4/c1-19-14(17)8-12-9-16(4-5-20-12)15(18)13-7-10-2-3-11(13)6-10/h10-13H,2-9H2,1H3. The third-order valence-electron chi connectivity index (χ3n) is 5.13. The highest BCUT2D eigenvalue weighted by molar-refractivity contribution is 5.80. The van der Waals surface area contributed by atoms with Gasteiger partial charge >= 0.3 is 5.97 Å². The van der Waals surface area contributed by atoms with Crippen LogP contribution in [0.2, 0.25) is 0 Å². The maximum atomic E-state index is 12.6. The number of rotatable bonds is 3. The molecule has 3 rings (SSSR count). The van der Waals surface area contributed by atoms with Crippen LogP contribution >= 0.6 is 0 Å². The number of fused-ring (bicyclic) bond motifs is 2. The molecule has 2 aliphatic carbocycles. The Labute approximate surface area is 119 Å². The lowest BCUT2D eigenvalue weighted by Crippen LogP contribution is -2.49. The molecule has 1 aliphatic heterocycles. The van der Waals surface area contributed by atoms with Crippen LogP contribution in [-0.2, 0) is 19.1 Å². The number of morpholine rings is 1. The lowest BCUT2D eigenvalue weighted by Gasteiger charge is -2.35. The molecule has 0 radical (unpaired) electrons. The minimum absolute atomic E-state index is 0.209. The van der Waals surface area contributed by atoms with Crippen LogP contribution in [0.25, 0.3) is 0 Å². The van der Waals surface area contributed by atoms with Gasteiger partial charge in [0, 0.05) is 19.0 Å². The molecule has 20 heavy (non-hydrogen) atoms. The molecule has 0 aromatic heterocycles. The summed E-state index contributed by atoms with van der Waals surface area (Å²) in [4.78, 5) is 25.9. The van der Waals surface area contributed by atoms with Crippen molar-refractivity contribution >= 4 is 11.9 Å². The number of amides is 1. The van der Waals surface area contributed by atoms with E-state index in [9.17, 15) is 9.59 Å². The van der Waals surface area contributed by atoms with Gasteiger partial charge in [-0.1, -0.05) is 6.42 Å². The van der Waals surface area contributed by atoms with Crippen LogP contribution in [0.1, 0.15) is 32.1 Å². The number of hydrogen-bond acceptors (Lipinski definition) is 4. The van der Waals surface area contributed by atoms with E-state index in [1.807, 2.05) is 4.90 Å². The second-order valence-corrected chi connectivity index (χ2v) is 6.34. The molecule has 0 spiro atoms. The second-order valence-electron chi connectivity index (χ2n) is 6.34. The molecule has 1 saturated heterocycles. The van der Waals surface area contributed by atoms with Crippen molar-refractivity contribution in [3.63, 3.8) is 0 Å². The number of carbonyl (C=O) groups excluding carboxylic acids is 2. The summed E-state index contributed by atoms with van der Waals surface area (Å²) in [6, 6.07) is 0. The van der Waals surface area contributed by atoms with Crippen molar-refractivity contribution in [2.75, 3.05) is 26.8 Å². The first-order valence-corrected chi connectivity index (χ1v) is 7.64. The second kappa shape index (κ2) is 5.72. The Morgan fingerprint density at radius 2 is 2.15 bits per heavy atom. The molecule has 3 fully saturated rings. The first-order valence-electron chi connectivity index (χ1n) is 7.64. The van der Waals surface area contributed by atoms with Crippen LogP contribution in [0.3, 0.4) is 0 Å². The molecule has 1 heterocycles. The Bertz CT molecular complexity index is 397. The van der Waals surface area contributed by atoms with Crippen LogP contribution in [-0.4, -0.2) is 49.7 Å². The summed E-state index contributed by atoms with van der Waals surface area (Å²) < 4.78 is 10.2. The Morgan fingerprint density at radius 3 is 2.80 bits per heavy atom. The van der Waals surface area contributed by atoms with Crippen LogP contribution in [0.4, 0.5) is 0 Å². The molecule has 4 atom stereocenters. The molecule has 0 N–H and O–H groups in total. The zero-order chi connectivity index (χ0) is 14.1. The van der Waals surface area contributed by atoms with Crippen LogP contribution in [0, 0.1) is 17.8 Å². The van der Waals surface area contributed by atoms with Gasteiger partial charge < -0.3 is 14.4 Å². The summed E-state index contributed by atoms with van der Waals surface area (Å²) in [6.45, 7) is 1.71. The van der Waals surface area contributed by atoms with E-state index in [1.54, 1.807) is 0 Å². The number of hydrogen-bond donors (Lipinski definition) is 0. The summed E-state index contributed by atoms with van der Waals surface area (Å²) in [5.41, 5.74) is 0. The molecule has 3 aliphatic rings. The number of methoxy groups -OCH3 is 1. The van der Waals surface area contributed by atoms with E-state index in [0.717, 1.165) is 12.3 Å². The van der Waals surface area contributed by atoms with E-state index in [1.165, 1.54) is 26.4 Å². The van der Waals surface area contributed by atoms with Crippen LogP contribution in [0.15, 0.2) is 0 Å². The highest BCUT2D eigenvalue weighted by Crippen LogP contribution is 2.48. The largest absolute Gasteiger partial charge is 0.469 e. The quantitative estimate of drug-likeness (QED) is 0.730. The Kier molecular flexibility index (Phi) is 3.96. The summed E-state index contributed by atoms with van der Waals surface area (Å²) in [7, 11) is 1.38. The predicted molar refractivity (Wildman–Crippen MR) is 71.9 cm³/mol. The summed E-state index contributed by atoms with van der Waals surface area (Å²) >= 11 is 0. The Balaban J connectivity index is 1.56.